The number of morpholine rings is 1. The van der Waals surface area contributed by atoms with Crippen LogP contribution in [0.25, 0.3) is 0 Å². The second-order valence-corrected chi connectivity index (χ2v) is 6.53. The number of carbonyl (C=O) groups is 1. The van der Waals surface area contributed by atoms with Gasteiger partial charge in [0.15, 0.2) is 0 Å². The summed E-state index contributed by atoms with van der Waals surface area (Å²) in [4.78, 5) is 14.2. The fourth-order valence-corrected chi connectivity index (χ4v) is 3.07. The highest BCUT2D eigenvalue weighted by molar-refractivity contribution is 9.11. The van der Waals surface area contributed by atoms with Gasteiger partial charge < -0.3 is 10.1 Å². The molecule has 0 radical (unpaired) electrons. The first-order valence-corrected chi connectivity index (χ1v) is 7.72. The number of ether oxygens (including phenoxy) is 1. The largest absolute Gasteiger partial charge is 0.374 e. The molecule has 1 aliphatic heterocycles. The third-order valence-electron chi connectivity index (χ3n) is 2.99. The first-order valence-electron chi connectivity index (χ1n) is 6.05. The summed E-state index contributed by atoms with van der Waals surface area (Å²) >= 11 is 4.87. The van der Waals surface area contributed by atoms with Crippen LogP contribution in [0.15, 0.2) is 15.2 Å². The number of hydrogen-bond acceptors (Lipinski definition) is 4. The zero-order chi connectivity index (χ0) is 13.0. The van der Waals surface area contributed by atoms with Gasteiger partial charge in [0.05, 0.1) is 22.1 Å². The summed E-state index contributed by atoms with van der Waals surface area (Å²) in [7, 11) is 0. The van der Waals surface area contributed by atoms with E-state index in [1.807, 2.05) is 11.4 Å². The molecule has 0 aliphatic carbocycles. The van der Waals surface area contributed by atoms with Gasteiger partial charge in [0.2, 0.25) is 0 Å². The van der Waals surface area contributed by atoms with Gasteiger partial charge in [0, 0.05) is 25.0 Å². The van der Waals surface area contributed by atoms with E-state index in [1.165, 1.54) is 11.3 Å². The van der Waals surface area contributed by atoms with Crippen molar-refractivity contribution in [1.82, 2.24) is 10.2 Å². The maximum Gasteiger partial charge on any atom is 0.252 e. The minimum Gasteiger partial charge on any atom is -0.374 e. The molecule has 1 unspecified atom stereocenters. The van der Waals surface area contributed by atoms with Crippen LogP contribution in [0.3, 0.4) is 0 Å². The highest BCUT2D eigenvalue weighted by atomic mass is 79.9. The minimum absolute atomic E-state index is 0.0332. The smallest absolute Gasteiger partial charge is 0.252 e. The summed E-state index contributed by atoms with van der Waals surface area (Å²) < 4.78 is 6.61. The SMILES string of the molecule is CCN1CCOC(CNC(=O)c2csc(Br)c2)C1. The van der Waals surface area contributed by atoms with Gasteiger partial charge in [-0.05, 0) is 28.5 Å². The van der Waals surface area contributed by atoms with E-state index < -0.39 is 0 Å². The van der Waals surface area contributed by atoms with Gasteiger partial charge in [-0.15, -0.1) is 11.3 Å². The van der Waals surface area contributed by atoms with Crippen LogP contribution < -0.4 is 5.32 Å². The lowest BCUT2D eigenvalue weighted by atomic mass is 10.2. The molecule has 1 fully saturated rings. The molecule has 2 heterocycles. The first kappa shape index (κ1) is 14.0. The molecule has 4 nitrogen and oxygen atoms in total. The van der Waals surface area contributed by atoms with E-state index in [-0.39, 0.29) is 12.0 Å². The third kappa shape index (κ3) is 3.78. The Hall–Kier alpha value is -0.430. The number of carbonyl (C=O) groups excluding carboxylic acids is 1. The van der Waals surface area contributed by atoms with E-state index in [9.17, 15) is 4.79 Å². The lowest BCUT2D eigenvalue weighted by Crippen LogP contribution is -2.47. The topological polar surface area (TPSA) is 41.6 Å². The molecule has 6 heteroatoms. The van der Waals surface area contributed by atoms with Gasteiger partial charge in [-0.1, -0.05) is 6.92 Å². The van der Waals surface area contributed by atoms with E-state index in [1.54, 1.807) is 0 Å². The molecule has 0 aromatic carbocycles. The Labute approximate surface area is 119 Å². The molecular weight excluding hydrogens is 316 g/mol. The normalized spacial score (nSPS) is 20.9. The Morgan fingerprint density at radius 2 is 2.56 bits per heavy atom. The molecule has 1 aromatic heterocycles. The summed E-state index contributed by atoms with van der Waals surface area (Å²) in [5.41, 5.74) is 0.704. The molecule has 1 N–H and O–H groups in total. The zero-order valence-electron chi connectivity index (χ0n) is 10.3. The highest BCUT2D eigenvalue weighted by Crippen LogP contribution is 2.20. The van der Waals surface area contributed by atoms with Crippen molar-refractivity contribution in [3.8, 4) is 0 Å². The van der Waals surface area contributed by atoms with Crippen molar-refractivity contribution in [3.63, 3.8) is 0 Å². The van der Waals surface area contributed by atoms with Gasteiger partial charge in [-0.25, -0.2) is 0 Å². The first-order chi connectivity index (χ1) is 8.69. The molecule has 1 aliphatic rings. The summed E-state index contributed by atoms with van der Waals surface area (Å²) in [6.45, 7) is 6.37. The van der Waals surface area contributed by atoms with E-state index >= 15 is 0 Å². The van der Waals surface area contributed by atoms with Crippen LogP contribution in [-0.4, -0.2) is 49.7 Å². The fraction of sp³-hybridized carbons (Fsp3) is 0.583. The van der Waals surface area contributed by atoms with Crippen molar-refractivity contribution >= 4 is 33.2 Å². The molecule has 0 saturated carbocycles. The Balaban J connectivity index is 1.79. The second-order valence-electron chi connectivity index (χ2n) is 4.24. The van der Waals surface area contributed by atoms with Crippen molar-refractivity contribution in [1.29, 1.82) is 0 Å². The van der Waals surface area contributed by atoms with Crippen LogP contribution in [0.4, 0.5) is 0 Å². The van der Waals surface area contributed by atoms with Gasteiger partial charge in [-0.2, -0.15) is 0 Å². The van der Waals surface area contributed by atoms with Crippen LogP contribution in [0, 0.1) is 0 Å². The number of halogens is 1. The molecule has 100 valence electrons. The minimum atomic E-state index is -0.0332. The number of rotatable bonds is 4. The zero-order valence-corrected chi connectivity index (χ0v) is 12.7. The maximum absolute atomic E-state index is 11.9. The Morgan fingerprint density at radius 1 is 1.72 bits per heavy atom. The highest BCUT2D eigenvalue weighted by Gasteiger charge is 2.20. The molecule has 1 atom stereocenters. The number of likely N-dealkylation sites (N-methyl/N-ethyl adjacent to an activating group) is 1. The molecule has 1 aromatic rings. The Kier molecular flexibility index (Phi) is 5.17. The number of hydrogen-bond donors (Lipinski definition) is 1. The average molecular weight is 333 g/mol. The van der Waals surface area contributed by atoms with Crippen molar-refractivity contribution in [3.05, 3.63) is 20.8 Å². The number of amides is 1. The van der Waals surface area contributed by atoms with Crippen molar-refractivity contribution in [2.75, 3.05) is 32.8 Å². The number of thiophene rings is 1. The van der Waals surface area contributed by atoms with Crippen LogP contribution in [0.1, 0.15) is 17.3 Å². The predicted octanol–water partition coefficient (Wildman–Crippen LogP) is 1.96. The lowest BCUT2D eigenvalue weighted by Gasteiger charge is -2.32. The maximum atomic E-state index is 11.9. The molecule has 0 bridgehead atoms. The molecule has 2 rings (SSSR count). The van der Waals surface area contributed by atoms with E-state index in [4.69, 9.17) is 4.74 Å². The molecule has 18 heavy (non-hydrogen) atoms. The summed E-state index contributed by atoms with van der Waals surface area (Å²) in [5, 5.41) is 4.77. The number of nitrogens with one attached hydrogen (secondary N) is 1. The van der Waals surface area contributed by atoms with Crippen molar-refractivity contribution < 1.29 is 9.53 Å². The van der Waals surface area contributed by atoms with Gasteiger partial charge in [0.1, 0.15) is 0 Å². The third-order valence-corrected chi connectivity index (χ3v) is 4.49. The summed E-state index contributed by atoms with van der Waals surface area (Å²) in [6.07, 6.45) is 0.102. The fourth-order valence-electron chi connectivity index (χ4n) is 1.93. The van der Waals surface area contributed by atoms with Gasteiger partial charge in [0.25, 0.3) is 5.91 Å². The van der Waals surface area contributed by atoms with Crippen LogP contribution in [-0.2, 0) is 4.74 Å². The van der Waals surface area contributed by atoms with Crippen LogP contribution in [0.2, 0.25) is 0 Å². The monoisotopic (exact) mass is 332 g/mol. The summed E-state index contributed by atoms with van der Waals surface area (Å²) in [6, 6.07) is 1.83. The predicted molar refractivity (Wildman–Crippen MR) is 76.2 cm³/mol. The van der Waals surface area contributed by atoms with E-state index in [2.05, 4.69) is 33.1 Å². The molecule has 1 amide bonds. The van der Waals surface area contributed by atoms with Crippen LogP contribution in [0.5, 0.6) is 0 Å². The molecule has 0 spiro atoms. The molecular formula is C12H17BrN2O2S. The number of nitrogens with zero attached hydrogens (tertiary/aromatic N) is 1. The van der Waals surface area contributed by atoms with Gasteiger partial charge in [-0.3, -0.25) is 9.69 Å². The quantitative estimate of drug-likeness (QED) is 0.916. The van der Waals surface area contributed by atoms with E-state index in [0.29, 0.717) is 12.1 Å². The summed E-state index contributed by atoms with van der Waals surface area (Å²) in [5.74, 6) is -0.0332. The lowest BCUT2D eigenvalue weighted by molar-refractivity contribution is -0.0246. The molecule has 1 saturated heterocycles. The standard InChI is InChI=1S/C12H17BrN2O2S/c1-2-15-3-4-17-10(7-15)6-14-12(16)9-5-11(13)18-8-9/h5,8,10H,2-4,6-7H2,1H3,(H,14,16). The van der Waals surface area contributed by atoms with Gasteiger partial charge >= 0.3 is 0 Å². The Bertz CT molecular complexity index is 411. The van der Waals surface area contributed by atoms with E-state index in [0.717, 1.165) is 30.0 Å². The van der Waals surface area contributed by atoms with Crippen LogP contribution >= 0.6 is 27.3 Å². The van der Waals surface area contributed by atoms with Crippen molar-refractivity contribution in [2.45, 2.75) is 13.0 Å². The van der Waals surface area contributed by atoms with Crippen molar-refractivity contribution in [2.24, 2.45) is 0 Å². The Morgan fingerprint density at radius 3 is 3.22 bits per heavy atom. The second kappa shape index (κ2) is 6.65. The average Bonchev–Trinajstić information content (AvgIpc) is 2.83.